The van der Waals surface area contributed by atoms with Crippen molar-refractivity contribution >= 4 is 16.7 Å². The van der Waals surface area contributed by atoms with Gasteiger partial charge in [0.15, 0.2) is 0 Å². The van der Waals surface area contributed by atoms with Crippen molar-refractivity contribution in [1.29, 1.82) is 0 Å². The fourth-order valence-corrected chi connectivity index (χ4v) is 3.20. The molecular weight excluding hydrogens is 232 g/mol. The van der Waals surface area contributed by atoms with Crippen molar-refractivity contribution in [3.63, 3.8) is 0 Å². The van der Waals surface area contributed by atoms with E-state index in [9.17, 15) is 0 Å². The lowest BCUT2D eigenvalue weighted by molar-refractivity contribution is 0.328. The van der Waals surface area contributed by atoms with Crippen LogP contribution in [0.4, 0.5) is 5.13 Å². The van der Waals surface area contributed by atoms with E-state index in [1.807, 2.05) is 0 Å². The molecule has 1 aromatic heterocycles. The van der Waals surface area contributed by atoms with Gasteiger partial charge in [0.2, 0.25) is 5.13 Å². The Labute approximate surface area is 108 Å². The van der Waals surface area contributed by atoms with Crippen LogP contribution in [0.5, 0.6) is 0 Å². The fourth-order valence-electron chi connectivity index (χ4n) is 2.35. The number of likely N-dealkylation sites (N-methyl/N-ethyl adjacent to an activating group) is 1. The Bertz CT molecular complexity index is 352. The van der Waals surface area contributed by atoms with Gasteiger partial charge < -0.3 is 9.80 Å². The zero-order chi connectivity index (χ0) is 12.3. The summed E-state index contributed by atoms with van der Waals surface area (Å²) in [6, 6.07) is 0.583. The number of aromatic nitrogens is 2. The third-order valence-corrected chi connectivity index (χ3v) is 4.18. The quantitative estimate of drug-likeness (QED) is 0.826. The molecule has 1 aliphatic heterocycles. The zero-order valence-electron chi connectivity index (χ0n) is 11.0. The van der Waals surface area contributed by atoms with Crippen LogP contribution in [0.1, 0.15) is 32.5 Å². The van der Waals surface area contributed by atoms with Gasteiger partial charge in [-0.15, -0.1) is 0 Å². The van der Waals surface area contributed by atoms with Crippen LogP contribution in [0, 0.1) is 0 Å². The minimum atomic E-state index is 0.583. The second kappa shape index (κ2) is 5.78. The van der Waals surface area contributed by atoms with E-state index >= 15 is 0 Å². The Hall–Kier alpha value is -0.680. The summed E-state index contributed by atoms with van der Waals surface area (Å²) in [6.07, 6.45) is 3.32. The Balaban J connectivity index is 2.15. The first kappa shape index (κ1) is 12.8. The SMILES string of the molecule is CCc1nsc(N2CCCN(C)CC2CC)n1. The van der Waals surface area contributed by atoms with E-state index in [0.717, 1.165) is 30.5 Å². The molecule has 0 N–H and O–H groups in total. The van der Waals surface area contributed by atoms with Crippen LogP contribution >= 0.6 is 11.5 Å². The van der Waals surface area contributed by atoms with Crippen molar-refractivity contribution in [2.75, 3.05) is 31.6 Å². The molecule has 96 valence electrons. The number of nitrogens with zero attached hydrogens (tertiary/aromatic N) is 4. The van der Waals surface area contributed by atoms with Crippen molar-refractivity contribution in [2.45, 2.75) is 39.2 Å². The maximum atomic E-state index is 4.63. The van der Waals surface area contributed by atoms with Crippen LogP contribution < -0.4 is 4.90 Å². The van der Waals surface area contributed by atoms with Crippen molar-refractivity contribution in [1.82, 2.24) is 14.3 Å². The number of anilines is 1. The summed E-state index contributed by atoms with van der Waals surface area (Å²) < 4.78 is 4.40. The number of hydrogen-bond donors (Lipinski definition) is 0. The summed E-state index contributed by atoms with van der Waals surface area (Å²) in [5.41, 5.74) is 0. The number of hydrogen-bond acceptors (Lipinski definition) is 5. The summed E-state index contributed by atoms with van der Waals surface area (Å²) in [4.78, 5) is 9.52. The van der Waals surface area contributed by atoms with Gasteiger partial charge in [-0.2, -0.15) is 4.37 Å². The van der Waals surface area contributed by atoms with Crippen LogP contribution in [0.2, 0.25) is 0 Å². The lowest BCUT2D eigenvalue weighted by Crippen LogP contribution is -2.39. The third-order valence-electron chi connectivity index (χ3n) is 3.39. The molecule has 1 aliphatic rings. The monoisotopic (exact) mass is 254 g/mol. The van der Waals surface area contributed by atoms with Gasteiger partial charge in [-0.05, 0) is 26.4 Å². The van der Waals surface area contributed by atoms with E-state index in [2.05, 4.69) is 40.1 Å². The summed E-state index contributed by atoms with van der Waals surface area (Å²) in [5, 5.41) is 1.11. The summed E-state index contributed by atoms with van der Waals surface area (Å²) in [7, 11) is 2.21. The van der Waals surface area contributed by atoms with E-state index in [-0.39, 0.29) is 0 Å². The van der Waals surface area contributed by atoms with Gasteiger partial charge in [0.25, 0.3) is 0 Å². The molecule has 0 aromatic carbocycles. The molecule has 4 nitrogen and oxygen atoms in total. The predicted octanol–water partition coefficient (Wildman–Crippen LogP) is 2.02. The highest BCUT2D eigenvalue weighted by atomic mass is 32.1. The van der Waals surface area contributed by atoms with E-state index in [0.29, 0.717) is 6.04 Å². The average molecular weight is 254 g/mol. The maximum absolute atomic E-state index is 4.63. The van der Waals surface area contributed by atoms with Gasteiger partial charge in [-0.3, -0.25) is 0 Å². The highest BCUT2D eigenvalue weighted by molar-refractivity contribution is 7.09. The van der Waals surface area contributed by atoms with Crippen LogP contribution in [-0.4, -0.2) is 47.0 Å². The van der Waals surface area contributed by atoms with Crippen LogP contribution in [-0.2, 0) is 6.42 Å². The maximum Gasteiger partial charge on any atom is 0.205 e. The topological polar surface area (TPSA) is 32.3 Å². The first-order chi connectivity index (χ1) is 8.24. The van der Waals surface area contributed by atoms with Gasteiger partial charge in [0.1, 0.15) is 5.82 Å². The first-order valence-corrected chi connectivity index (χ1v) is 7.29. The standard InChI is InChI=1S/C12H22N4S/c1-4-10-9-15(3)7-6-8-16(10)12-13-11(5-2)14-17-12/h10H,4-9H2,1-3H3. The molecule has 5 heteroatoms. The molecule has 1 fully saturated rings. The molecule has 17 heavy (non-hydrogen) atoms. The normalized spacial score (nSPS) is 22.8. The molecule has 0 radical (unpaired) electrons. The van der Waals surface area contributed by atoms with Gasteiger partial charge in [0.05, 0.1) is 0 Å². The lowest BCUT2D eigenvalue weighted by atomic mass is 10.2. The highest BCUT2D eigenvalue weighted by Gasteiger charge is 2.24. The molecule has 2 rings (SSSR count). The largest absolute Gasteiger partial charge is 0.343 e. The van der Waals surface area contributed by atoms with Crippen molar-refractivity contribution < 1.29 is 0 Å². The molecule has 2 heterocycles. The van der Waals surface area contributed by atoms with Crippen LogP contribution in [0.15, 0.2) is 0 Å². The second-order valence-electron chi connectivity index (χ2n) is 4.72. The third kappa shape index (κ3) is 2.96. The van der Waals surface area contributed by atoms with E-state index in [1.165, 1.54) is 19.4 Å². The molecule has 0 aliphatic carbocycles. The molecule has 1 unspecified atom stereocenters. The second-order valence-corrected chi connectivity index (χ2v) is 5.45. The van der Waals surface area contributed by atoms with Gasteiger partial charge in [0, 0.05) is 37.1 Å². The number of aryl methyl sites for hydroxylation is 1. The zero-order valence-corrected chi connectivity index (χ0v) is 11.8. The van der Waals surface area contributed by atoms with Crippen molar-refractivity contribution in [3.05, 3.63) is 5.82 Å². The molecule has 0 spiro atoms. The smallest absolute Gasteiger partial charge is 0.205 e. The average Bonchev–Trinajstić information content (AvgIpc) is 2.73. The lowest BCUT2D eigenvalue weighted by Gasteiger charge is -2.29. The Morgan fingerprint density at radius 2 is 2.18 bits per heavy atom. The van der Waals surface area contributed by atoms with Crippen LogP contribution in [0.25, 0.3) is 0 Å². The van der Waals surface area contributed by atoms with Crippen molar-refractivity contribution in [3.8, 4) is 0 Å². The summed E-state index contributed by atoms with van der Waals surface area (Å²) in [5.74, 6) is 0.984. The molecular formula is C12H22N4S. The minimum absolute atomic E-state index is 0.583. The van der Waals surface area contributed by atoms with Crippen molar-refractivity contribution in [2.24, 2.45) is 0 Å². The van der Waals surface area contributed by atoms with Crippen LogP contribution in [0.3, 0.4) is 0 Å². The van der Waals surface area contributed by atoms with Gasteiger partial charge >= 0.3 is 0 Å². The van der Waals surface area contributed by atoms with Gasteiger partial charge in [-0.25, -0.2) is 4.98 Å². The molecule has 1 aromatic rings. The molecule has 0 bridgehead atoms. The molecule has 0 saturated carbocycles. The highest BCUT2D eigenvalue weighted by Crippen LogP contribution is 2.23. The fraction of sp³-hybridized carbons (Fsp3) is 0.833. The first-order valence-electron chi connectivity index (χ1n) is 6.52. The predicted molar refractivity (Wildman–Crippen MR) is 72.8 cm³/mol. The summed E-state index contributed by atoms with van der Waals surface area (Å²) >= 11 is 1.56. The molecule has 1 saturated heterocycles. The molecule has 1 atom stereocenters. The molecule has 0 amide bonds. The summed E-state index contributed by atoms with van der Waals surface area (Å²) in [6.45, 7) is 7.81. The Kier molecular flexibility index (Phi) is 4.34. The minimum Gasteiger partial charge on any atom is -0.343 e. The Morgan fingerprint density at radius 1 is 1.35 bits per heavy atom. The number of rotatable bonds is 3. The van der Waals surface area contributed by atoms with E-state index in [1.54, 1.807) is 11.5 Å². The van der Waals surface area contributed by atoms with E-state index < -0.39 is 0 Å². The van der Waals surface area contributed by atoms with Gasteiger partial charge in [-0.1, -0.05) is 13.8 Å². The Morgan fingerprint density at radius 3 is 2.82 bits per heavy atom. The van der Waals surface area contributed by atoms with E-state index in [4.69, 9.17) is 0 Å².